The fourth-order valence-electron chi connectivity index (χ4n) is 5.78. The number of nitrogens with one attached hydrogen (secondary N) is 1. The number of rotatable bonds is 8. The number of hydrogen-bond donors (Lipinski definition) is 1. The SMILES string of the molecule is CC(C)OC(=O)C1=CN(C(=O)C2=CCC(OCCCN3CCOCC3)C=C2)CC(C)(C)c2c1[nH]c1ccccc21. The van der Waals surface area contributed by atoms with Gasteiger partial charge in [0.25, 0.3) is 5.91 Å². The molecule has 3 heterocycles. The lowest BCUT2D eigenvalue weighted by atomic mass is 9.81. The van der Waals surface area contributed by atoms with E-state index < -0.39 is 11.4 Å². The van der Waals surface area contributed by atoms with E-state index in [0.29, 0.717) is 36.4 Å². The largest absolute Gasteiger partial charge is 0.459 e. The van der Waals surface area contributed by atoms with Gasteiger partial charge in [0.15, 0.2) is 0 Å². The number of aromatic nitrogens is 1. The first-order valence-electron chi connectivity index (χ1n) is 14.4. The van der Waals surface area contributed by atoms with Gasteiger partial charge < -0.3 is 24.1 Å². The normalized spacial score (nSPS) is 21.1. The zero-order valence-corrected chi connectivity index (χ0v) is 24.1. The van der Waals surface area contributed by atoms with Gasteiger partial charge in [0.05, 0.1) is 36.7 Å². The maximum atomic E-state index is 13.8. The molecule has 1 amide bonds. The smallest absolute Gasteiger partial charge is 0.342 e. The Bertz CT molecular complexity index is 1330. The number of carbonyl (C=O) groups is 2. The van der Waals surface area contributed by atoms with Gasteiger partial charge in [0.2, 0.25) is 0 Å². The number of nitrogens with zero attached hydrogens (tertiary/aromatic N) is 2. The van der Waals surface area contributed by atoms with Crippen molar-refractivity contribution in [2.75, 3.05) is 46.0 Å². The van der Waals surface area contributed by atoms with E-state index in [1.165, 1.54) is 0 Å². The van der Waals surface area contributed by atoms with Crippen molar-refractivity contribution in [3.63, 3.8) is 0 Å². The van der Waals surface area contributed by atoms with Crippen molar-refractivity contribution in [3.8, 4) is 0 Å². The Morgan fingerprint density at radius 3 is 2.67 bits per heavy atom. The number of aromatic amines is 1. The Kier molecular flexibility index (Phi) is 8.59. The molecule has 8 nitrogen and oxygen atoms in total. The predicted molar refractivity (Wildman–Crippen MR) is 156 cm³/mol. The zero-order chi connectivity index (χ0) is 28.3. The number of benzene rings is 1. The minimum absolute atomic E-state index is 0.0416. The molecule has 1 aliphatic carbocycles. The molecular weight excluding hydrogens is 506 g/mol. The highest BCUT2D eigenvalue weighted by molar-refractivity contribution is 6.18. The summed E-state index contributed by atoms with van der Waals surface area (Å²) in [6, 6.07) is 8.03. The molecule has 1 fully saturated rings. The first-order chi connectivity index (χ1) is 19.2. The maximum Gasteiger partial charge on any atom is 0.342 e. The number of fused-ring (bicyclic) bond motifs is 3. The molecule has 0 spiro atoms. The molecule has 0 saturated carbocycles. The fraction of sp³-hybridized carbons (Fsp3) is 0.500. The van der Waals surface area contributed by atoms with Gasteiger partial charge in [-0.05, 0) is 38.3 Å². The molecule has 0 bridgehead atoms. The quantitative estimate of drug-likeness (QED) is 0.385. The van der Waals surface area contributed by atoms with Gasteiger partial charge in [-0.3, -0.25) is 9.69 Å². The van der Waals surface area contributed by atoms with Gasteiger partial charge in [-0.2, -0.15) is 0 Å². The molecule has 8 heteroatoms. The number of hydrogen-bond acceptors (Lipinski definition) is 6. The number of amides is 1. The van der Waals surface area contributed by atoms with Gasteiger partial charge in [0, 0.05) is 60.9 Å². The molecule has 1 unspecified atom stereocenters. The topological polar surface area (TPSA) is 84.1 Å². The summed E-state index contributed by atoms with van der Waals surface area (Å²) in [6.07, 6.45) is 8.72. The Labute approximate surface area is 236 Å². The van der Waals surface area contributed by atoms with E-state index in [1.807, 2.05) is 50.3 Å². The predicted octanol–water partition coefficient (Wildman–Crippen LogP) is 4.57. The van der Waals surface area contributed by atoms with Crippen LogP contribution >= 0.6 is 0 Å². The standard InChI is InChI=1S/C32H41N3O5/c1-22(2)40-31(37)26-20-35(21-32(3,4)28-25-8-5-6-9-27(25)33-29(26)28)30(36)23-10-12-24(13-11-23)39-17-7-14-34-15-18-38-19-16-34/h5-6,8-12,20,22,24,33H,7,13-19,21H2,1-4H3. The summed E-state index contributed by atoms with van der Waals surface area (Å²) >= 11 is 0. The summed E-state index contributed by atoms with van der Waals surface area (Å²) in [6.45, 7) is 13.6. The van der Waals surface area contributed by atoms with Crippen LogP contribution in [0.4, 0.5) is 0 Å². The van der Waals surface area contributed by atoms with Crippen molar-refractivity contribution in [3.05, 3.63) is 65.5 Å². The Morgan fingerprint density at radius 1 is 1.18 bits per heavy atom. The van der Waals surface area contributed by atoms with E-state index in [0.717, 1.165) is 55.7 Å². The van der Waals surface area contributed by atoms with E-state index in [9.17, 15) is 9.59 Å². The highest BCUT2D eigenvalue weighted by atomic mass is 16.5. The highest BCUT2D eigenvalue weighted by Gasteiger charge is 2.38. The van der Waals surface area contributed by atoms with E-state index >= 15 is 0 Å². The fourth-order valence-corrected chi connectivity index (χ4v) is 5.78. The van der Waals surface area contributed by atoms with Crippen LogP contribution in [0.15, 0.2) is 54.3 Å². The van der Waals surface area contributed by atoms with Gasteiger partial charge in [-0.25, -0.2) is 4.79 Å². The summed E-state index contributed by atoms with van der Waals surface area (Å²) in [7, 11) is 0. The average Bonchev–Trinajstić information content (AvgIpc) is 3.28. The zero-order valence-electron chi connectivity index (χ0n) is 24.1. The molecule has 1 aromatic heterocycles. The Balaban J connectivity index is 1.31. The molecule has 2 aliphatic heterocycles. The van der Waals surface area contributed by atoms with Gasteiger partial charge >= 0.3 is 5.97 Å². The van der Waals surface area contributed by atoms with Crippen LogP contribution in [0.25, 0.3) is 16.5 Å². The summed E-state index contributed by atoms with van der Waals surface area (Å²) in [5.41, 5.74) is 3.23. The van der Waals surface area contributed by atoms with Gasteiger partial charge in [0.1, 0.15) is 0 Å². The third-order valence-corrected chi connectivity index (χ3v) is 7.69. The number of morpholine rings is 1. The van der Waals surface area contributed by atoms with Crippen molar-refractivity contribution in [2.24, 2.45) is 0 Å². The Hall–Kier alpha value is -3.20. The third kappa shape index (κ3) is 6.24. The number of H-pyrrole nitrogens is 1. The molecule has 1 N–H and O–H groups in total. The molecule has 5 rings (SSSR count). The second-order valence-corrected chi connectivity index (χ2v) is 11.7. The van der Waals surface area contributed by atoms with Gasteiger partial charge in [-0.1, -0.05) is 50.3 Å². The molecule has 1 aromatic carbocycles. The highest BCUT2D eigenvalue weighted by Crippen LogP contribution is 2.40. The van der Waals surface area contributed by atoms with Crippen LogP contribution in [0.5, 0.6) is 0 Å². The van der Waals surface area contributed by atoms with Crippen LogP contribution in [-0.2, 0) is 29.2 Å². The number of esters is 1. The number of carbonyl (C=O) groups excluding carboxylic acids is 2. The van der Waals surface area contributed by atoms with Crippen LogP contribution in [-0.4, -0.2) is 84.9 Å². The maximum absolute atomic E-state index is 13.8. The van der Waals surface area contributed by atoms with Crippen LogP contribution in [0.3, 0.4) is 0 Å². The molecule has 1 atom stereocenters. The van der Waals surface area contributed by atoms with Gasteiger partial charge in [-0.15, -0.1) is 0 Å². The third-order valence-electron chi connectivity index (χ3n) is 7.69. The van der Waals surface area contributed by atoms with Crippen molar-refractivity contribution in [1.29, 1.82) is 0 Å². The van der Waals surface area contributed by atoms with Crippen LogP contribution in [0.1, 0.15) is 51.8 Å². The van der Waals surface area contributed by atoms with Crippen LogP contribution in [0.2, 0.25) is 0 Å². The molecule has 3 aliphatic rings. The molecular formula is C32H41N3O5. The molecule has 214 valence electrons. The lowest BCUT2D eigenvalue weighted by molar-refractivity contribution is -0.140. The van der Waals surface area contributed by atoms with E-state index in [2.05, 4.69) is 29.8 Å². The van der Waals surface area contributed by atoms with E-state index in [1.54, 1.807) is 11.1 Å². The average molecular weight is 548 g/mol. The van der Waals surface area contributed by atoms with E-state index in [4.69, 9.17) is 14.2 Å². The summed E-state index contributed by atoms with van der Waals surface area (Å²) < 4.78 is 17.1. The molecule has 2 aromatic rings. The minimum atomic E-state index is -0.447. The second kappa shape index (κ2) is 12.1. The van der Waals surface area contributed by atoms with E-state index in [-0.39, 0.29) is 18.1 Å². The summed E-state index contributed by atoms with van der Waals surface area (Å²) in [5, 5.41) is 1.05. The van der Waals surface area contributed by atoms with Crippen molar-refractivity contribution in [1.82, 2.24) is 14.8 Å². The summed E-state index contributed by atoms with van der Waals surface area (Å²) in [5.74, 6) is -0.587. The second-order valence-electron chi connectivity index (χ2n) is 11.7. The molecule has 40 heavy (non-hydrogen) atoms. The number of ether oxygens (including phenoxy) is 3. The van der Waals surface area contributed by atoms with Crippen LogP contribution in [0, 0.1) is 0 Å². The minimum Gasteiger partial charge on any atom is -0.459 e. The first-order valence-corrected chi connectivity index (χ1v) is 14.4. The number of para-hydroxylation sites is 1. The molecule has 1 saturated heterocycles. The van der Waals surface area contributed by atoms with Crippen LogP contribution < -0.4 is 0 Å². The lowest BCUT2D eigenvalue weighted by Crippen LogP contribution is -2.37. The lowest BCUT2D eigenvalue weighted by Gasteiger charge is -2.30. The Morgan fingerprint density at radius 2 is 1.95 bits per heavy atom. The first kappa shape index (κ1) is 28.3. The molecule has 0 radical (unpaired) electrons. The summed E-state index contributed by atoms with van der Waals surface area (Å²) in [4.78, 5) is 34.6. The van der Waals surface area contributed by atoms with Crippen molar-refractivity contribution < 1.29 is 23.8 Å². The van der Waals surface area contributed by atoms with Crippen molar-refractivity contribution in [2.45, 2.75) is 58.2 Å². The van der Waals surface area contributed by atoms with Crippen molar-refractivity contribution >= 4 is 28.4 Å². The monoisotopic (exact) mass is 547 g/mol.